The largest absolute Gasteiger partial charge is 0.360 e. The van der Waals surface area contributed by atoms with Crippen LogP contribution < -0.4 is 10.6 Å². The molecule has 7 nitrogen and oxygen atoms in total. The first-order valence-electron chi connectivity index (χ1n) is 9.84. The Morgan fingerprint density at radius 2 is 2.13 bits per heavy atom. The summed E-state index contributed by atoms with van der Waals surface area (Å²) in [6.07, 6.45) is 6.13. The molecule has 5 rings (SSSR count). The summed E-state index contributed by atoms with van der Waals surface area (Å²) in [6.45, 7) is 6.32. The zero-order valence-corrected chi connectivity index (χ0v) is 17.8. The van der Waals surface area contributed by atoms with Crippen LogP contribution in [-0.4, -0.2) is 25.7 Å². The summed E-state index contributed by atoms with van der Waals surface area (Å²) >= 11 is 1.68. The summed E-state index contributed by atoms with van der Waals surface area (Å²) in [5.74, 6) is 0.530. The van der Waals surface area contributed by atoms with Gasteiger partial charge in [-0.25, -0.2) is 9.67 Å². The lowest BCUT2D eigenvalue weighted by Gasteiger charge is -2.37. The van der Waals surface area contributed by atoms with Gasteiger partial charge in [0.1, 0.15) is 16.4 Å². The average molecular weight is 419 g/mol. The molecule has 0 fully saturated rings. The molecule has 3 aromatic heterocycles. The van der Waals surface area contributed by atoms with Gasteiger partial charge in [-0.3, -0.25) is 9.78 Å². The van der Waals surface area contributed by atoms with Crippen molar-refractivity contribution in [1.29, 1.82) is 0 Å². The molecule has 2 N–H and O–H groups in total. The monoisotopic (exact) mass is 418 g/mol. The highest BCUT2D eigenvalue weighted by molar-refractivity contribution is 7.11. The van der Waals surface area contributed by atoms with Crippen LogP contribution in [0.4, 0.5) is 11.5 Å². The van der Waals surface area contributed by atoms with E-state index in [4.69, 9.17) is 0 Å². The van der Waals surface area contributed by atoms with Gasteiger partial charge in [0.15, 0.2) is 0 Å². The second-order valence-corrected chi connectivity index (χ2v) is 9.47. The lowest BCUT2D eigenvalue weighted by molar-refractivity contribution is 0.102. The van der Waals surface area contributed by atoms with Gasteiger partial charge in [0.2, 0.25) is 0 Å². The number of amides is 1. The summed E-state index contributed by atoms with van der Waals surface area (Å²) < 4.78 is 1.91. The normalized spacial score (nSPS) is 17.4. The minimum absolute atomic E-state index is 0.0428. The average Bonchev–Trinajstić information content (AvgIpc) is 3.34. The SMILES string of the molecule is Cc1cnc(C2CC(C)(C)n3ncc(C(=O)Nc4ccc5ncccc5c4)c3N2)s1. The first-order chi connectivity index (χ1) is 14.4. The fourth-order valence-corrected chi connectivity index (χ4v) is 4.77. The molecule has 1 aliphatic heterocycles. The number of carbonyl (C=O) groups is 1. The van der Waals surface area contributed by atoms with Gasteiger partial charge in [0, 0.05) is 28.3 Å². The van der Waals surface area contributed by atoms with Crippen molar-refractivity contribution in [3.8, 4) is 0 Å². The predicted octanol–water partition coefficient (Wildman–Crippen LogP) is 4.74. The summed E-state index contributed by atoms with van der Waals surface area (Å²) in [5, 5.41) is 13.0. The molecule has 8 heteroatoms. The number of anilines is 2. The van der Waals surface area contributed by atoms with Crippen molar-refractivity contribution in [3.63, 3.8) is 0 Å². The second-order valence-electron chi connectivity index (χ2n) is 8.21. The Morgan fingerprint density at radius 3 is 2.93 bits per heavy atom. The van der Waals surface area contributed by atoms with Crippen molar-refractivity contribution < 1.29 is 4.79 Å². The number of carbonyl (C=O) groups excluding carboxylic acids is 1. The maximum atomic E-state index is 13.1. The number of hydrogen-bond acceptors (Lipinski definition) is 6. The number of rotatable bonds is 3. The van der Waals surface area contributed by atoms with Gasteiger partial charge in [-0.2, -0.15) is 5.10 Å². The van der Waals surface area contributed by atoms with E-state index in [2.05, 4.69) is 46.5 Å². The number of aromatic nitrogens is 4. The summed E-state index contributed by atoms with van der Waals surface area (Å²) in [7, 11) is 0. The zero-order valence-electron chi connectivity index (χ0n) is 17.0. The Hall–Kier alpha value is -3.26. The molecule has 1 aromatic carbocycles. The first kappa shape index (κ1) is 18.7. The van der Waals surface area contributed by atoms with E-state index in [1.807, 2.05) is 41.2 Å². The Morgan fingerprint density at radius 1 is 1.27 bits per heavy atom. The molecule has 0 bridgehead atoms. The molecule has 1 unspecified atom stereocenters. The first-order valence-corrected chi connectivity index (χ1v) is 10.7. The molecule has 0 spiro atoms. The number of nitrogens with one attached hydrogen (secondary N) is 2. The maximum absolute atomic E-state index is 13.1. The van der Waals surface area contributed by atoms with E-state index in [0.717, 1.165) is 33.8 Å². The number of nitrogens with zero attached hydrogens (tertiary/aromatic N) is 4. The van der Waals surface area contributed by atoms with Gasteiger partial charge < -0.3 is 10.6 Å². The molecule has 0 aliphatic carbocycles. The third kappa shape index (κ3) is 3.23. The van der Waals surface area contributed by atoms with Crippen LogP contribution >= 0.6 is 11.3 Å². The molecule has 4 heterocycles. The predicted molar refractivity (Wildman–Crippen MR) is 119 cm³/mol. The second kappa shape index (κ2) is 6.91. The van der Waals surface area contributed by atoms with Crippen LogP contribution in [0.15, 0.2) is 48.9 Å². The van der Waals surface area contributed by atoms with E-state index in [0.29, 0.717) is 5.56 Å². The van der Waals surface area contributed by atoms with Crippen LogP contribution in [0.1, 0.15) is 46.6 Å². The quantitative estimate of drug-likeness (QED) is 0.502. The molecule has 1 amide bonds. The van der Waals surface area contributed by atoms with E-state index >= 15 is 0 Å². The van der Waals surface area contributed by atoms with E-state index in [1.165, 1.54) is 4.88 Å². The van der Waals surface area contributed by atoms with Crippen LogP contribution in [-0.2, 0) is 5.54 Å². The van der Waals surface area contributed by atoms with Crippen molar-refractivity contribution in [3.05, 3.63) is 64.4 Å². The van der Waals surface area contributed by atoms with E-state index < -0.39 is 0 Å². The molecule has 30 heavy (non-hydrogen) atoms. The molecule has 1 atom stereocenters. The smallest absolute Gasteiger partial charge is 0.261 e. The van der Waals surface area contributed by atoms with Gasteiger partial charge in [-0.1, -0.05) is 6.07 Å². The number of fused-ring (bicyclic) bond motifs is 2. The molecule has 1 aliphatic rings. The van der Waals surface area contributed by atoms with Gasteiger partial charge in [-0.05, 0) is 51.5 Å². The molecule has 4 aromatic rings. The zero-order chi connectivity index (χ0) is 20.9. The minimum Gasteiger partial charge on any atom is -0.360 e. The van der Waals surface area contributed by atoms with Gasteiger partial charge in [-0.15, -0.1) is 11.3 Å². The van der Waals surface area contributed by atoms with Gasteiger partial charge in [0.25, 0.3) is 5.91 Å². The van der Waals surface area contributed by atoms with Crippen molar-refractivity contribution in [2.24, 2.45) is 0 Å². The summed E-state index contributed by atoms with van der Waals surface area (Å²) in [6, 6.07) is 9.59. The highest BCUT2D eigenvalue weighted by Gasteiger charge is 2.37. The number of pyridine rings is 1. The maximum Gasteiger partial charge on any atom is 0.261 e. The molecule has 0 radical (unpaired) electrons. The fraction of sp³-hybridized carbons (Fsp3) is 0.273. The Balaban J connectivity index is 1.46. The van der Waals surface area contributed by atoms with E-state index in [-0.39, 0.29) is 17.5 Å². The van der Waals surface area contributed by atoms with Crippen LogP contribution in [0.5, 0.6) is 0 Å². The molecule has 0 saturated carbocycles. The van der Waals surface area contributed by atoms with Gasteiger partial charge in [0.05, 0.1) is 23.3 Å². The third-order valence-corrected chi connectivity index (χ3v) is 6.43. The minimum atomic E-state index is -0.238. The van der Waals surface area contributed by atoms with Crippen molar-refractivity contribution >= 4 is 39.7 Å². The Bertz CT molecular complexity index is 1260. The van der Waals surface area contributed by atoms with Crippen LogP contribution in [0, 0.1) is 6.92 Å². The summed E-state index contributed by atoms with van der Waals surface area (Å²) in [5.41, 5.74) is 1.90. The van der Waals surface area contributed by atoms with E-state index in [1.54, 1.807) is 23.7 Å². The lowest BCUT2D eigenvalue weighted by atomic mass is 9.93. The fourth-order valence-electron chi connectivity index (χ4n) is 3.95. The highest BCUT2D eigenvalue weighted by Crippen LogP contribution is 2.40. The van der Waals surface area contributed by atoms with E-state index in [9.17, 15) is 4.79 Å². The molecule has 0 saturated heterocycles. The Kier molecular flexibility index (Phi) is 4.32. The highest BCUT2D eigenvalue weighted by atomic mass is 32.1. The van der Waals surface area contributed by atoms with Crippen LogP contribution in [0.25, 0.3) is 10.9 Å². The number of thiazole rings is 1. The van der Waals surface area contributed by atoms with Crippen molar-refractivity contribution in [2.45, 2.75) is 38.8 Å². The Labute approximate surface area is 178 Å². The van der Waals surface area contributed by atoms with Crippen LogP contribution in [0.3, 0.4) is 0 Å². The third-order valence-electron chi connectivity index (χ3n) is 5.40. The molecular weight excluding hydrogens is 396 g/mol. The van der Waals surface area contributed by atoms with Crippen LogP contribution in [0.2, 0.25) is 0 Å². The van der Waals surface area contributed by atoms with Crippen molar-refractivity contribution in [2.75, 3.05) is 10.6 Å². The number of hydrogen-bond donors (Lipinski definition) is 2. The topological polar surface area (TPSA) is 84.7 Å². The summed E-state index contributed by atoms with van der Waals surface area (Å²) in [4.78, 5) is 23.2. The number of benzene rings is 1. The molecule has 152 valence electrons. The molecular formula is C22H22N6OS. The standard InChI is InChI=1S/C22H22N6OS/c1-13-11-24-21(30-13)18-10-22(2,3)28-19(27-18)16(12-25-28)20(29)26-15-6-7-17-14(9-15)5-4-8-23-17/h4-9,11-12,18,27H,10H2,1-3H3,(H,26,29). The lowest BCUT2D eigenvalue weighted by Crippen LogP contribution is -2.38. The van der Waals surface area contributed by atoms with Crippen molar-refractivity contribution in [1.82, 2.24) is 19.7 Å². The number of aryl methyl sites for hydroxylation is 1. The van der Waals surface area contributed by atoms with Gasteiger partial charge >= 0.3 is 0 Å².